The van der Waals surface area contributed by atoms with Gasteiger partial charge in [-0.2, -0.15) is 0 Å². The van der Waals surface area contributed by atoms with Crippen molar-refractivity contribution >= 4 is 35.0 Å². The number of amides is 3. The molecule has 3 N–H and O–H groups in total. The van der Waals surface area contributed by atoms with E-state index in [-0.39, 0.29) is 6.09 Å². The molecule has 10 heteroatoms. The Morgan fingerprint density at radius 1 is 0.767 bits per heavy atom. The van der Waals surface area contributed by atoms with Crippen molar-refractivity contribution in [2.75, 3.05) is 47.0 Å². The Bertz CT molecular complexity index is 1510. The molecule has 1 fully saturated rings. The molecule has 0 spiro atoms. The number of anilines is 4. The molecule has 1 aliphatic rings. The van der Waals surface area contributed by atoms with Gasteiger partial charge in [0.2, 0.25) is 0 Å². The van der Waals surface area contributed by atoms with E-state index in [0.29, 0.717) is 31.1 Å². The SMILES string of the molecule is CC(C)(C)OC(=O)N1CCN(c2ccc(CNc3ccccc3NC(=O)Nc3ccc(-c4ccccc4)nn3)cc2)CC1. The molecule has 1 aromatic heterocycles. The van der Waals surface area contributed by atoms with Crippen LogP contribution in [0, 0.1) is 0 Å². The number of nitrogens with one attached hydrogen (secondary N) is 3. The number of benzene rings is 3. The first kappa shape index (κ1) is 29.4. The summed E-state index contributed by atoms with van der Waals surface area (Å²) in [5.74, 6) is 0.356. The van der Waals surface area contributed by atoms with Gasteiger partial charge in [0, 0.05) is 44.0 Å². The van der Waals surface area contributed by atoms with Crippen LogP contribution in [0.3, 0.4) is 0 Å². The number of hydrogen-bond donors (Lipinski definition) is 3. The Balaban J connectivity index is 1.11. The molecule has 5 rings (SSSR count). The smallest absolute Gasteiger partial charge is 0.410 e. The summed E-state index contributed by atoms with van der Waals surface area (Å²) in [6.07, 6.45) is -0.257. The van der Waals surface area contributed by atoms with Gasteiger partial charge in [0.05, 0.1) is 17.1 Å². The first-order valence-corrected chi connectivity index (χ1v) is 14.4. The summed E-state index contributed by atoms with van der Waals surface area (Å²) in [7, 11) is 0. The Hall–Kier alpha value is -5.12. The van der Waals surface area contributed by atoms with Crippen molar-refractivity contribution in [2.45, 2.75) is 32.9 Å². The van der Waals surface area contributed by atoms with Crippen LogP contribution in [0.15, 0.2) is 91.0 Å². The standard InChI is InChI=1S/C33H37N7O3/c1-33(2,3)43-32(42)40-21-19-39(20-22-40)26-15-13-24(14-16-26)23-34-28-11-7-8-12-29(28)35-31(41)36-30-18-17-27(37-38-30)25-9-5-4-6-10-25/h4-18,34H,19-23H2,1-3H3,(H2,35,36,38,41). The summed E-state index contributed by atoms with van der Waals surface area (Å²) >= 11 is 0. The van der Waals surface area contributed by atoms with Gasteiger partial charge in [0.25, 0.3) is 0 Å². The van der Waals surface area contributed by atoms with Crippen LogP contribution in [0.5, 0.6) is 0 Å². The molecule has 0 unspecified atom stereocenters. The number of carbonyl (C=O) groups excluding carboxylic acids is 2. The minimum Gasteiger partial charge on any atom is -0.444 e. The summed E-state index contributed by atoms with van der Waals surface area (Å²) in [6.45, 7) is 8.98. The quantitative estimate of drug-likeness (QED) is 0.230. The maximum absolute atomic E-state index is 12.7. The van der Waals surface area contributed by atoms with E-state index >= 15 is 0 Å². The molecule has 0 atom stereocenters. The lowest BCUT2D eigenvalue weighted by atomic mass is 10.1. The molecule has 2 heterocycles. The molecule has 1 aliphatic heterocycles. The zero-order valence-electron chi connectivity index (χ0n) is 24.7. The molecule has 0 bridgehead atoms. The molecule has 0 radical (unpaired) electrons. The fraction of sp³-hybridized carbons (Fsp3) is 0.273. The molecule has 43 heavy (non-hydrogen) atoms. The number of aromatic nitrogens is 2. The molecule has 10 nitrogen and oxygen atoms in total. The number of rotatable bonds is 7. The molecule has 222 valence electrons. The normalized spacial score (nSPS) is 13.3. The van der Waals surface area contributed by atoms with E-state index in [9.17, 15) is 9.59 Å². The topological polar surface area (TPSA) is 112 Å². The molecule has 4 aromatic rings. The predicted octanol–water partition coefficient (Wildman–Crippen LogP) is 6.46. The zero-order valence-corrected chi connectivity index (χ0v) is 24.7. The second-order valence-electron chi connectivity index (χ2n) is 11.3. The van der Waals surface area contributed by atoms with Gasteiger partial charge in [-0.05, 0) is 62.7 Å². The van der Waals surface area contributed by atoms with Gasteiger partial charge in [-0.3, -0.25) is 5.32 Å². The van der Waals surface area contributed by atoms with Crippen molar-refractivity contribution in [3.63, 3.8) is 0 Å². The van der Waals surface area contributed by atoms with Gasteiger partial charge < -0.3 is 25.2 Å². The molecule has 3 amide bonds. The number of ether oxygens (including phenoxy) is 1. The predicted molar refractivity (Wildman–Crippen MR) is 170 cm³/mol. The Kier molecular flexibility index (Phi) is 9.05. The van der Waals surface area contributed by atoms with Crippen LogP contribution in [0.2, 0.25) is 0 Å². The highest BCUT2D eigenvalue weighted by molar-refractivity contribution is 6.01. The molecule has 1 saturated heterocycles. The first-order valence-electron chi connectivity index (χ1n) is 14.4. The molecular weight excluding hydrogens is 542 g/mol. The number of carbonyl (C=O) groups is 2. The van der Waals surface area contributed by atoms with Gasteiger partial charge in [-0.15, -0.1) is 10.2 Å². The number of hydrogen-bond acceptors (Lipinski definition) is 7. The lowest BCUT2D eigenvalue weighted by Crippen LogP contribution is -2.50. The highest BCUT2D eigenvalue weighted by Gasteiger charge is 2.26. The van der Waals surface area contributed by atoms with E-state index in [1.807, 2.05) is 81.4 Å². The Labute approximate surface area is 252 Å². The van der Waals surface area contributed by atoms with Crippen molar-refractivity contribution in [3.05, 3.63) is 96.6 Å². The molecule has 3 aromatic carbocycles. The summed E-state index contributed by atoms with van der Waals surface area (Å²) in [5, 5.41) is 17.4. The lowest BCUT2D eigenvalue weighted by Gasteiger charge is -2.36. The zero-order chi connectivity index (χ0) is 30.2. The number of para-hydroxylation sites is 2. The van der Waals surface area contributed by atoms with Gasteiger partial charge in [0.15, 0.2) is 5.82 Å². The lowest BCUT2D eigenvalue weighted by molar-refractivity contribution is 0.0240. The fourth-order valence-corrected chi connectivity index (χ4v) is 4.67. The monoisotopic (exact) mass is 579 g/mol. The minimum absolute atomic E-state index is 0.257. The summed E-state index contributed by atoms with van der Waals surface area (Å²) in [4.78, 5) is 29.1. The minimum atomic E-state index is -0.494. The van der Waals surface area contributed by atoms with Crippen LogP contribution in [-0.2, 0) is 11.3 Å². The number of nitrogens with zero attached hydrogens (tertiary/aromatic N) is 4. The Morgan fingerprint density at radius 2 is 1.44 bits per heavy atom. The second kappa shape index (κ2) is 13.2. The number of urea groups is 1. The largest absolute Gasteiger partial charge is 0.444 e. The highest BCUT2D eigenvalue weighted by Crippen LogP contribution is 2.24. The van der Waals surface area contributed by atoms with E-state index in [0.717, 1.165) is 41.3 Å². The van der Waals surface area contributed by atoms with Gasteiger partial charge >= 0.3 is 12.1 Å². The third-order valence-corrected chi connectivity index (χ3v) is 6.87. The van der Waals surface area contributed by atoms with Gasteiger partial charge in [-0.25, -0.2) is 9.59 Å². The van der Waals surface area contributed by atoms with Crippen molar-refractivity contribution in [3.8, 4) is 11.3 Å². The molecule has 0 saturated carbocycles. The number of piperazine rings is 1. The van der Waals surface area contributed by atoms with Crippen molar-refractivity contribution in [1.29, 1.82) is 0 Å². The second-order valence-corrected chi connectivity index (χ2v) is 11.3. The van der Waals surface area contributed by atoms with Crippen molar-refractivity contribution < 1.29 is 14.3 Å². The summed E-state index contributed by atoms with van der Waals surface area (Å²) in [5.41, 5.74) is 4.86. The maximum atomic E-state index is 12.7. The Morgan fingerprint density at radius 3 is 2.09 bits per heavy atom. The summed E-state index contributed by atoms with van der Waals surface area (Å²) in [6, 6.07) is 28.8. The van der Waals surface area contributed by atoms with Gasteiger partial charge in [0.1, 0.15) is 5.60 Å². The average Bonchev–Trinajstić information content (AvgIpc) is 3.01. The third-order valence-electron chi connectivity index (χ3n) is 6.87. The van der Waals surface area contributed by atoms with Crippen molar-refractivity contribution in [1.82, 2.24) is 15.1 Å². The fourth-order valence-electron chi connectivity index (χ4n) is 4.67. The molecule has 0 aliphatic carbocycles. The highest BCUT2D eigenvalue weighted by atomic mass is 16.6. The third kappa shape index (κ3) is 8.22. The maximum Gasteiger partial charge on any atom is 0.410 e. The van der Waals surface area contributed by atoms with E-state index < -0.39 is 11.6 Å². The van der Waals surface area contributed by atoms with Gasteiger partial charge in [-0.1, -0.05) is 54.6 Å². The van der Waals surface area contributed by atoms with E-state index in [4.69, 9.17) is 4.74 Å². The van der Waals surface area contributed by atoms with Crippen LogP contribution in [-0.4, -0.2) is 59.0 Å². The molecular formula is C33H37N7O3. The van der Waals surface area contributed by atoms with Crippen LogP contribution in [0.1, 0.15) is 26.3 Å². The summed E-state index contributed by atoms with van der Waals surface area (Å²) < 4.78 is 5.50. The van der Waals surface area contributed by atoms with Crippen LogP contribution >= 0.6 is 0 Å². The van der Waals surface area contributed by atoms with E-state index in [2.05, 4.69) is 55.3 Å². The van der Waals surface area contributed by atoms with Crippen LogP contribution in [0.25, 0.3) is 11.3 Å². The first-order chi connectivity index (χ1) is 20.7. The van der Waals surface area contributed by atoms with Crippen LogP contribution < -0.4 is 20.9 Å². The van der Waals surface area contributed by atoms with Crippen molar-refractivity contribution in [2.24, 2.45) is 0 Å². The van der Waals surface area contributed by atoms with E-state index in [1.165, 1.54) is 0 Å². The average molecular weight is 580 g/mol. The van der Waals surface area contributed by atoms with Crippen LogP contribution in [0.4, 0.5) is 32.5 Å². The van der Waals surface area contributed by atoms with E-state index in [1.54, 1.807) is 11.0 Å².